The number of amides is 2. The van der Waals surface area contributed by atoms with Crippen LogP contribution in [0.3, 0.4) is 0 Å². The molecule has 1 aliphatic rings. The third kappa shape index (κ3) is 3.56. The molecule has 9 nitrogen and oxygen atoms in total. The second-order valence-electron chi connectivity index (χ2n) is 4.80. The summed E-state index contributed by atoms with van der Waals surface area (Å²) in [6.07, 6.45) is 2.11. The van der Waals surface area contributed by atoms with Crippen molar-refractivity contribution in [2.45, 2.75) is 19.9 Å². The SMILES string of the molecule is CCCN1CC(=O)N(CCn2cc(C(=O)O)nn2)CC1=O. The Labute approximate surface area is 121 Å². The molecule has 2 amide bonds. The lowest BCUT2D eigenvalue weighted by Gasteiger charge is -2.33. The Bertz CT molecular complexity index is 556. The van der Waals surface area contributed by atoms with Crippen LogP contribution in [-0.2, 0) is 16.1 Å². The zero-order valence-electron chi connectivity index (χ0n) is 11.7. The van der Waals surface area contributed by atoms with Crippen LogP contribution < -0.4 is 0 Å². The van der Waals surface area contributed by atoms with Gasteiger partial charge in [-0.2, -0.15) is 0 Å². The van der Waals surface area contributed by atoms with Gasteiger partial charge in [0.25, 0.3) is 0 Å². The van der Waals surface area contributed by atoms with Crippen molar-refractivity contribution in [3.63, 3.8) is 0 Å². The van der Waals surface area contributed by atoms with E-state index in [9.17, 15) is 14.4 Å². The molecule has 0 aromatic carbocycles. The van der Waals surface area contributed by atoms with Gasteiger partial charge in [0.2, 0.25) is 11.8 Å². The second-order valence-corrected chi connectivity index (χ2v) is 4.80. The van der Waals surface area contributed by atoms with Gasteiger partial charge in [0.15, 0.2) is 5.69 Å². The molecule has 21 heavy (non-hydrogen) atoms. The maximum atomic E-state index is 12.0. The molecule has 0 aliphatic carbocycles. The topological polar surface area (TPSA) is 109 Å². The molecule has 114 valence electrons. The highest BCUT2D eigenvalue weighted by molar-refractivity contribution is 5.92. The summed E-state index contributed by atoms with van der Waals surface area (Å²) in [6.45, 7) is 3.29. The molecule has 1 saturated heterocycles. The first-order valence-electron chi connectivity index (χ1n) is 6.70. The molecular weight excluding hydrogens is 278 g/mol. The molecular formula is C12H17N5O4. The molecule has 1 fully saturated rings. The van der Waals surface area contributed by atoms with Gasteiger partial charge in [-0.25, -0.2) is 9.48 Å². The van der Waals surface area contributed by atoms with Crippen molar-refractivity contribution in [2.75, 3.05) is 26.2 Å². The Morgan fingerprint density at radius 3 is 2.33 bits per heavy atom. The lowest BCUT2D eigenvalue weighted by atomic mass is 10.2. The highest BCUT2D eigenvalue weighted by Gasteiger charge is 2.28. The second kappa shape index (κ2) is 6.33. The van der Waals surface area contributed by atoms with Crippen LogP contribution in [0.25, 0.3) is 0 Å². The van der Waals surface area contributed by atoms with Gasteiger partial charge < -0.3 is 14.9 Å². The first-order valence-corrected chi connectivity index (χ1v) is 6.70. The summed E-state index contributed by atoms with van der Waals surface area (Å²) in [5, 5.41) is 15.9. The number of rotatable bonds is 6. The van der Waals surface area contributed by atoms with Gasteiger partial charge in [-0.3, -0.25) is 9.59 Å². The molecule has 0 radical (unpaired) electrons. The summed E-state index contributed by atoms with van der Waals surface area (Å²) in [6, 6.07) is 0. The van der Waals surface area contributed by atoms with E-state index >= 15 is 0 Å². The maximum absolute atomic E-state index is 12.0. The van der Waals surface area contributed by atoms with Crippen molar-refractivity contribution in [1.29, 1.82) is 0 Å². The van der Waals surface area contributed by atoms with Crippen molar-refractivity contribution in [3.8, 4) is 0 Å². The van der Waals surface area contributed by atoms with Crippen molar-refractivity contribution < 1.29 is 19.5 Å². The van der Waals surface area contributed by atoms with Crippen LogP contribution >= 0.6 is 0 Å². The number of hydrogen-bond acceptors (Lipinski definition) is 5. The number of nitrogens with zero attached hydrogens (tertiary/aromatic N) is 5. The van der Waals surface area contributed by atoms with Gasteiger partial charge in [-0.15, -0.1) is 5.10 Å². The van der Waals surface area contributed by atoms with Crippen LogP contribution in [0.5, 0.6) is 0 Å². The first-order chi connectivity index (χ1) is 10.0. The van der Waals surface area contributed by atoms with Crippen LogP contribution in [0.15, 0.2) is 6.20 Å². The van der Waals surface area contributed by atoms with Crippen molar-refractivity contribution in [1.82, 2.24) is 24.8 Å². The summed E-state index contributed by atoms with van der Waals surface area (Å²) in [7, 11) is 0. The molecule has 0 spiro atoms. The summed E-state index contributed by atoms with van der Waals surface area (Å²) in [5.74, 6) is -1.33. The number of hydrogen-bond donors (Lipinski definition) is 1. The number of piperazine rings is 1. The largest absolute Gasteiger partial charge is 0.476 e. The van der Waals surface area contributed by atoms with E-state index in [0.717, 1.165) is 6.42 Å². The van der Waals surface area contributed by atoms with E-state index < -0.39 is 5.97 Å². The molecule has 0 saturated carbocycles. The van der Waals surface area contributed by atoms with E-state index in [1.807, 2.05) is 6.92 Å². The predicted octanol–water partition coefficient (Wildman–Crippen LogP) is -0.943. The molecule has 2 rings (SSSR count). The number of carbonyl (C=O) groups excluding carboxylic acids is 2. The summed E-state index contributed by atoms with van der Waals surface area (Å²) in [4.78, 5) is 37.5. The van der Waals surface area contributed by atoms with E-state index in [1.54, 1.807) is 4.90 Å². The van der Waals surface area contributed by atoms with Gasteiger partial charge in [-0.1, -0.05) is 12.1 Å². The molecule has 2 heterocycles. The zero-order valence-corrected chi connectivity index (χ0v) is 11.7. The Morgan fingerprint density at radius 2 is 1.81 bits per heavy atom. The van der Waals surface area contributed by atoms with Gasteiger partial charge in [-0.05, 0) is 6.42 Å². The average Bonchev–Trinajstić information content (AvgIpc) is 2.90. The van der Waals surface area contributed by atoms with E-state index in [0.29, 0.717) is 19.6 Å². The fraction of sp³-hybridized carbons (Fsp3) is 0.583. The molecule has 1 aliphatic heterocycles. The molecule has 0 unspecified atom stereocenters. The third-order valence-electron chi connectivity index (χ3n) is 3.21. The Morgan fingerprint density at radius 1 is 1.19 bits per heavy atom. The van der Waals surface area contributed by atoms with E-state index in [2.05, 4.69) is 10.3 Å². The Hall–Kier alpha value is -2.45. The molecule has 9 heteroatoms. The smallest absolute Gasteiger partial charge is 0.358 e. The minimum atomic E-state index is -1.15. The van der Waals surface area contributed by atoms with E-state index in [1.165, 1.54) is 15.8 Å². The number of carbonyl (C=O) groups is 3. The van der Waals surface area contributed by atoms with Crippen LogP contribution in [0.2, 0.25) is 0 Å². The lowest BCUT2D eigenvalue weighted by Crippen LogP contribution is -2.54. The lowest BCUT2D eigenvalue weighted by molar-refractivity contribution is -0.150. The monoisotopic (exact) mass is 295 g/mol. The van der Waals surface area contributed by atoms with E-state index in [4.69, 9.17) is 5.11 Å². The standard InChI is InChI=1S/C12H17N5O4/c1-2-3-15-7-11(19)16(8-10(15)18)4-5-17-6-9(12(20)21)13-14-17/h6H,2-5,7-8H2,1H3,(H,20,21). The normalized spacial score (nSPS) is 15.7. The summed E-state index contributed by atoms with van der Waals surface area (Å²) >= 11 is 0. The number of carboxylic acids is 1. The number of carboxylic acid groups (broad SMARTS) is 1. The number of aromatic nitrogens is 3. The van der Waals surface area contributed by atoms with Crippen molar-refractivity contribution in [3.05, 3.63) is 11.9 Å². The van der Waals surface area contributed by atoms with Gasteiger partial charge in [0, 0.05) is 13.1 Å². The molecule has 0 atom stereocenters. The van der Waals surface area contributed by atoms with Gasteiger partial charge in [0.1, 0.15) is 0 Å². The van der Waals surface area contributed by atoms with Crippen molar-refractivity contribution >= 4 is 17.8 Å². The number of aromatic carboxylic acids is 1. The molecule has 1 N–H and O–H groups in total. The minimum Gasteiger partial charge on any atom is -0.476 e. The molecule has 1 aromatic heterocycles. The maximum Gasteiger partial charge on any atom is 0.358 e. The predicted molar refractivity (Wildman–Crippen MR) is 70.4 cm³/mol. The molecule has 1 aromatic rings. The third-order valence-corrected chi connectivity index (χ3v) is 3.21. The summed E-state index contributed by atoms with van der Waals surface area (Å²) < 4.78 is 1.35. The van der Waals surface area contributed by atoms with Crippen LogP contribution in [0.4, 0.5) is 0 Å². The fourth-order valence-electron chi connectivity index (χ4n) is 2.11. The highest BCUT2D eigenvalue weighted by atomic mass is 16.4. The zero-order chi connectivity index (χ0) is 15.4. The van der Waals surface area contributed by atoms with Crippen molar-refractivity contribution in [2.24, 2.45) is 0 Å². The van der Waals surface area contributed by atoms with Crippen LogP contribution in [0.1, 0.15) is 23.8 Å². The van der Waals surface area contributed by atoms with Crippen LogP contribution in [-0.4, -0.2) is 73.9 Å². The molecule has 0 bridgehead atoms. The Balaban J connectivity index is 1.89. The van der Waals surface area contributed by atoms with Crippen LogP contribution in [0, 0.1) is 0 Å². The fourth-order valence-corrected chi connectivity index (χ4v) is 2.11. The first kappa shape index (κ1) is 14.9. The van der Waals surface area contributed by atoms with Gasteiger partial charge in [0.05, 0.1) is 25.8 Å². The highest BCUT2D eigenvalue weighted by Crippen LogP contribution is 2.06. The average molecular weight is 295 g/mol. The van der Waals surface area contributed by atoms with E-state index in [-0.39, 0.29) is 30.6 Å². The quantitative estimate of drug-likeness (QED) is 0.725. The Kier molecular flexibility index (Phi) is 4.51. The summed E-state index contributed by atoms with van der Waals surface area (Å²) in [5.41, 5.74) is -0.148. The minimum absolute atomic E-state index is 0.0549. The van der Waals surface area contributed by atoms with Gasteiger partial charge >= 0.3 is 5.97 Å².